The lowest BCUT2D eigenvalue weighted by molar-refractivity contribution is -0.120. The van der Waals surface area contributed by atoms with Gasteiger partial charge in [-0.25, -0.2) is 8.78 Å². The molecular weight excluding hydrogens is 258 g/mol. The van der Waals surface area contributed by atoms with E-state index in [9.17, 15) is 17.8 Å². The summed E-state index contributed by atoms with van der Waals surface area (Å²) >= 11 is 0. The minimum atomic E-state index is -1.72. The van der Waals surface area contributed by atoms with Crippen LogP contribution in [0, 0.1) is 17.6 Å². The second kappa shape index (κ2) is 5.69. The Morgan fingerprint density at radius 1 is 1.28 bits per heavy atom. The van der Waals surface area contributed by atoms with E-state index in [1.807, 2.05) is 0 Å². The third kappa shape index (κ3) is 3.02. The summed E-state index contributed by atoms with van der Waals surface area (Å²) in [5, 5.41) is 0. The van der Waals surface area contributed by atoms with Crippen molar-refractivity contribution in [2.24, 2.45) is 5.92 Å². The molecule has 0 saturated heterocycles. The Morgan fingerprint density at radius 3 is 2.56 bits per heavy atom. The van der Waals surface area contributed by atoms with Crippen molar-refractivity contribution in [3.8, 4) is 0 Å². The van der Waals surface area contributed by atoms with Gasteiger partial charge in [-0.2, -0.15) is 0 Å². The fourth-order valence-corrected chi connectivity index (χ4v) is 3.38. The molecule has 98 valence electrons. The van der Waals surface area contributed by atoms with Crippen molar-refractivity contribution in [3.63, 3.8) is 0 Å². The first-order valence-corrected chi connectivity index (χ1v) is 7.26. The zero-order chi connectivity index (χ0) is 13.1. The maximum atomic E-state index is 13.4. The van der Waals surface area contributed by atoms with Crippen molar-refractivity contribution in [3.05, 3.63) is 29.8 Å². The van der Waals surface area contributed by atoms with Gasteiger partial charge in [0.1, 0.15) is 17.4 Å². The molecule has 1 aromatic carbocycles. The summed E-state index contributed by atoms with van der Waals surface area (Å²) in [6.45, 7) is 0. The maximum Gasteiger partial charge on any atom is 0.148 e. The molecule has 1 saturated carbocycles. The van der Waals surface area contributed by atoms with Crippen molar-refractivity contribution in [1.82, 2.24) is 0 Å². The molecule has 0 amide bonds. The average molecular weight is 272 g/mol. The van der Waals surface area contributed by atoms with Crippen LogP contribution in [0.2, 0.25) is 0 Å². The molecule has 0 heterocycles. The van der Waals surface area contributed by atoms with E-state index in [2.05, 4.69) is 0 Å². The first-order valence-electron chi connectivity index (χ1n) is 5.94. The predicted molar refractivity (Wildman–Crippen MR) is 64.6 cm³/mol. The van der Waals surface area contributed by atoms with Crippen LogP contribution < -0.4 is 0 Å². The molecule has 2 rings (SSSR count). The van der Waals surface area contributed by atoms with Crippen molar-refractivity contribution in [1.29, 1.82) is 0 Å². The van der Waals surface area contributed by atoms with E-state index >= 15 is 0 Å². The molecule has 0 N–H and O–H groups in total. The monoisotopic (exact) mass is 272 g/mol. The first-order chi connectivity index (χ1) is 8.58. The smallest absolute Gasteiger partial charge is 0.148 e. The Kier molecular flexibility index (Phi) is 4.22. The fraction of sp³-hybridized carbons (Fsp3) is 0.462. The third-order valence-electron chi connectivity index (χ3n) is 3.22. The number of carbonyl (C=O) groups excluding carboxylic acids is 1. The highest BCUT2D eigenvalue weighted by Gasteiger charge is 2.25. The lowest BCUT2D eigenvalue weighted by atomic mass is 10.0. The molecule has 1 unspecified atom stereocenters. The van der Waals surface area contributed by atoms with Gasteiger partial charge >= 0.3 is 0 Å². The molecule has 1 aromatic rings. The quantitative estimate of drug-likeness (QED) is 0.844. The van der Waals surface area contributed by atoms with Crippen LogP contribution in [0.1, 0.15) is 25.7 Å². The van der Waals surface area contributed by atoms with Gasteiger partial charge in [-0.1, -0.05) is 12.8 Å². The maximum absolute atomic E-state index is 13.4. The van der Waals surface area contributed by atoms with Crippen LogP contribution in [-0.2, 0) is 15.6 Å². The molecule has 0 aromatic heterocycles. The number of hydrogen-bond donors (Lipinski definition) is 0. The van der Waals surface area contributed by atoms with Gasteiger partial charge in [0, 0.05) is 12.0 Å². The minimum Gasteiger partial charge on any atom is -0.298 e. The van der Waals surface area contributed by atoms with Crippen LogP contribution in [0.15, 0.2) is 23.1 Å². The topological polar surface area (TPSA) is 34.1 Å². The van der Waals surface area contributed by atoms with Crippen LogP contribution in [0.3, 0.4) is 0 Å². The van der Waals surface area contributed by atoms with E-state index < -0.39 is 22.4 Å². The van der Waals surface area contributed by atoms with Crippen LogP contribution in [-0.4, -0.2) is 15.7 Å². The largest absolute Gasteiger partial charge is 0.298 e. The highest BCUT2D eigenvalue weighted by atomic mass is 32.2. The second-order valence-corrected chi connectivity index (χ2v) is 5.93. The molecule has 2 nitrogen and oxygen atoms in total. The molecule has 1 aliphatic carbocycles. The van der Waals surface area contributed by atoms with Gasteiger partial charge in [-0.15, -0.1) is 0 Å². The van der Waals surface area contributed by atoms with E-state index in [0.717, 1.165) is 37.8 Å². The molecule has 1 fully saturated rings. The summed E-state index contributed by atoms with van der Waals surface area (Å²) in [7, 11) is -1.72. The Bertz CT molecular complexity index is 482. The molecular formula is C13H14F2O2S. The zero-order valence-corrected chi connectivity index (χ0v) is 10.6. The van der Waals surface area contributed by atoms with Crippen molar-refractivity contribution >= 4 is 16.6 Å². The number of ketones is 1. The summed E-state index contributed by atoms with van der Waals surface area (Å²) in [5.74, 6) is -1.84. The number of benzene rings is 1. The van der Waals surface area contributed by atoms with Gasteiger partial charge in [0.25, 0.3) is 0 Å². The van der Waals surface area contributed by atoms with E-state index in [1.165, 1.54) is 0 Å². The van der Waals surface area contributed by atoms with Gasteiger partial charge < -0.3 is 0 Å². The lowest BCUT2D eigenvalue weighted by Crippen LogP contribution is -2.19. The number of halogens is 2. The average Bonchev–Trinajstić information content (AvgIpc) is 2.81. The molecule has 0 spiro atoms. The van der Waals surface area contributed by atoms with Gasteiger partial charge in [-0.05, 0) is 25.0 Å². The summed E-state index contributed by atoms with van der Waals surface area (Å²) in [5.41, 5.74) is 0. The highest BCUT2D eigenvalue weighted by Crippen LogP contribution is 2.26. The van der Waals surface area contributed by atoms with Gasteiger partial charge in [0.15, 0.2) is 0 Å². The second-order valence-electron chi connectivity index (χ2n) is 4.51. The Hall–Kier alpha value is -1.10. The van der Waals surface area contributed by atoms with Crippen LogP contribution >= 0.6 is 0 Å². The van der Waals surface area contributed by atoms with Crippen molar-refractivity contribution in [2.75, 3.05) is 5.75 Å². The highest BCUT2D eigenvalue weighted by molar-refractivity contribution is 7.85. The molecule has 0 radical (unpaired) electrons. The standard InChI is InChI=1S/C13H14F2O2S/c14-10-5-6-13(11(15)7-10)18(17)8-12(16)9-3-1-2-4-9/h5-7,9H,1-4,8H2. The van der Waals surface area contributed by atoms with Crippen LogP contribution in [0.25, 0.3) is 0 Å². The Labute approximate surface area is 107 Å². The van der Waals surface area contributed by atoms with E-state index in [0.29, 0.717) is 6.07 Å². The minimum absolute atomic E-state index is 0.0301. The normalized spacial score (nSPS) is 17.9. The van der Waals surface area contributed by atoms with E-state index in [-0.39, 0.29) is 22.3 Å². The van der Waals surface area contributed by atoms with Gasteiger partial charge in [0.2, 0.25) is 0 Å². The van der Waals surface area contributed by atoms with E-state index in [1.54, 1.807) is 0 Å². The summed E-state index contributed by atoms with van der Waals surface area (Å²) in [6.07, 6.45) is 3.71. The zero-order valence-electron chi connectivity index (χ0n) is 9.83. The molecule has 0 aliphatic heterocycles. The Morgan fingerprint density at radius 2 is 1.94 bits per heavy atom. The van der Waals surface area contributed by atoms with Crippen molar-refractivity contribution in [2.45, 2.75) is 30.6 Å². The van der Waals surface area contributed by atoms with Crippen LogP contribution in [0.5, 0.6) is 0 Å². The molecule has 1 atom stereocenters. The van der Waals surface area contributed by atoms with Crippen molar-refractivity contribution < 1.29 is 17.8 Å². The number of rotatable bonds is 4. The summed E-state index contributed by atoms with van der Waals surface area (Å²) in [4.78, 5) is 11.7. The Balaban J connectivity index is 2.05. The molecule has 18 heavy (non-hydrogen) atoms. The fourth-order valence-electron chi connectivity index (χ4n) is 2.23. The van der Waals surface area contributed by atoms with Gasteiger partial charge in [0.05, 0.1) is 21.4 Å². The number of carbonyl (C=O) groups is 1. The lowest BCUT2D eigenvalue weighted by Gasteiger charge is -2.08. The molecule has 0 bridgehead atoms. The summed E-state index contributed by atoms with van der Waals surface area (Å²) in [6, 6.07) is 2.88. The third-order valence-corrected chi connectivity index (χ3v) is 4.59. The number of hydrogen-bond acceptors (Lipinski definition) is 2. The van der Waals surface area contributed by atoms with Crippen LogP contribution in [0.4, 0.5) is 8.78 Å². The summed E-state index contributed by atoms with van der Waals surface area (Å²) < 4.78 is 38.0. The molecule has 5 heteroatoms. The first kappa shape index (κ1) is 13.3. The number of Topliss-reactive ketones (excluding diaryl/α,β-unsaturated/α-hetero) is 1. The van der Waals surface area contributed by atoms with Gasteiger partial charge in [-0.3, -0.25) is 9.00 Å². The molecule has 1 aliphatic rings. The van der Waals surface area contributed by atoms with E-state index in [4.69, 9.17) is 0 Å². The SMILES string of the molecule is O=C(CS(=O)c1ccc(F)cc1F)C1CCCC1. The predicted octanol–water partition coefficient (Wildman–Crippen LogP) is 2.83.